The van der Waals surface area contributed by atoms with Crippen LogP contribution >= 0.6 is 0 Å². The first-order valence-corrected chi connectivity index (χ1v) is 5.92. The molecule has 2 amide bonds. The van der Waals surface area contributed by atoms with E-state index in [1.165, 1.54) is 24.3 Å². The second-order valence-electron chi connectivity index (χ2n) is 4.24. The van der Waals surface area contributed by atoms with Gasteiger partial charge in [-0.3, -0.25) is 9.59 Å². The zero-order valence-electron chi connectivity index (χ0n) is 10.9. The molecule has 5 nitrogen and oxygen atoms in total. The molecule has 1 aromatic carbocycles. The molecule has 0 unspecified atom stereocenters. The lowest BCUT2D eigenvalue weighted by atomic mass is 10.3. The van der Waals surface area contributed by atoms with Crippen molar-refractivity contribution in [2.24, 2.45) is 0 Å². The molecule has 0 bridgehead atoms. The Morgan fingerprint density at radius 3 is 2.42 bits per heavy atom. The third kappa shape index (κ3) is 6.40. The van der Waals surface area contributed by atoms with Gasteiger partial charge in [0.15, 0.2) is 6.61 Å². The minimum Gasteiger partial charge on any atom is -0.484 e. The number of carbonyl (C=O) groups excluding carboxylic acids is 2. The summed E-state index contributed by atoms with van der Waals surface area (Å²) in [5.74, 6) is -0.654. The van der Waals surface area contributed by atoms with Crippen molar-refractivity contribution in [3.05, 3.63) is 30.1 Å². The first-order valence-electron chi connectivity index (χ1n) is 5.92. The number of nitrogens with one attached hydrogen (secondary N) is 2. The molecule has 0 saturated carbocycles. The number of ether oxygens (including phenoxy) is 1. The SMILES string of the molecule is CC(C)NC(=O)CNC(=O)COc1ccc(F)cc1. The monoisotopic (exact) mass is 268 g/mol. The summed E-state index contributed by atoms with van der Waals surface area (Å²) in [6.07, 6.45) is 0. The normalized spacial score (nSPS) is 10.1. The summed E-state index contributed by atoms with van der Waals surface area (Å²) < 4.78 is 17.7. The Bertz CT molecular complexity index is 432. The van der Waals surface area contributed by atoms with Crippen LogP contribution in [-0.2, 0) is 9.59 Å². The van der Waals surface area contributed by atoms with E-state index in [1.807, 2.05) is 13.8 Å². The molecule has 0 aliphatic rings. The predicted octanol–water partition coefficient (Wildman–Crippen LogP) is 0.845. The van der Waals surface area contributed by atoms with Crippen molar-refractivity contribution < 1.29 is 18.7 Å². The van der Waals surface area contributed by atoms with Crippen molar-refractivity contribution in [3.8, 4) is 5.75 Å². The minimum absolute atomic E-state index is 0.0277. The van der Waals surface area contributed by atoms with Gasteiger partial charge in [-0.1, -0.05) is 0 Å². The van der Waals surface area contributed by atoms with Gasteiger partial charge in [0.05, 0.1) is 6.54 Å². The number of rotatable bonds is 6. The molecule has 0 radical (unpaired) electrons. The Balaban J connectivity index is 2.24. The molecule has 0 saturated heterocycles. The maximum Gasteiger partial charge on any atom is 0.258 e. The van der Waals surface area contributed by atoms with Crippen LogP contribution in [0.1, 0.15) is 13.8 Å². The van der Waals surface area contributed by atoms with E-state index in [4.69, 9.17) is 4.74 Å². The Hall–Kier alpha value is -2.11. The van der Waals surface area contributed by atoms with E-state index in [0.29, 0.717) is 5.75 Å². The Morgan fingerprint density at radius 1 is 1.21 bits per heavy atom. The zero-order valence-corrected chi connectivity index (χ0v) is 10.9. The number of benzene rings is 1. The molecule has 0 aliphatic heterocycles. The van der Waals surface area contributed by atoms with Gasteiger partial charge in [0.1, 0.15) is 11.6 Å². The highest BCUT2D eigenvalue weighted by Gasteiger charge is 2.07. The van der Waals surface area contributed by atoms with Gasteiger partial charge in [0, 0.05) is 6.04 Å². The minimum atomic E-state index is -0.414. The molecule has 0 fully saturated rings. The average molecular weight is 268 g/mol. The number of amides is 2. The van der Waals surface area contributed by atoms with Crippen molar-refractivity contribution >= 4 is 11.8 Å². The third-order valence-corrected chi connectivity index (χ3v) is 2.08. The van der Waals surface area contributed by atoms with Gasteiger partial charge in [-0.05, 0) is 38.1 Å². The summed E-state index contributed by atoms with van der Waals surface area (Å²) in [5.41, 5.74) is 0. The fourth-order valence-corrected chi connectivity index (χ4v) is 1.28. The molecule has 104 valence electrons. The van der Waals surface area contributed by atoms with E-state index >= 15 is 0 Å². The number of hydrogen-bond acceptors (Lipinski definition) is 3. The molecule has 2 N–H and O–H groups in total. The van der Waals surface area contributed by atoms with Gasteiger partial charge >= 0.3 is 0 Å². The van der Waals surface area contributed by atoms with Crippen LogP contribution in [0.3, 0.4) is 0 Å². The van der Waals surface area contributed by atoms with Crippen LogP contribution in [0.4, 0.5) is 4.39 Å². The number of carbonyl (C=O) groups is 2. The highest BCUT2D eigenvalue weighted by atomic mass is 19.1. The lowest BCUT2D eigenvalue weighted by Gasteiger charge is -2.10. The zero-order chi connectivity index (χ0) is 14.3. The van der Waals surface area contributed by atoms with E-state index in [2.05, 4.69) is 10.6 Å². The molecule has 1 aromatic rings. The lowest BCUT2D eigenvalue weighted by Crippen LogP contribution is -2.41. The van der Waals surface area contributed by atoms with Crippen LogP contribution in [0.5, 0.6) is 5.75 Å². The Labute approximate surface area is 111 Å². The third-order valence-electron chi connectivity index (χ3n) is 2.08. The maximum atomic E-state index is 12.6. The summed E-state index contributed by atoms with van der Waals surface area (Å²) in [6, 6.07) is 5.36. The van der Waals surface area contributed by atoms with Crippen LogP contribution in [-0.4, -0.2) is 31.0 Å². The van der Waals surface area contributed by atoms with Crippen molar-refractivity contribution in [1.82, 2.24) is 10.6 Å². The summed E-state index contributed by atoms with van der Waals surface area (Å²) in [4.78, 5) is 22.6. The summed E-state index contributed by atoms with van der Waals surface area (Å²) in [6.45, 7) is 3.35. The van der Waals surface area contributed by atoms with Gasteiger partial charge < -0.3 is 15.4 Å². The molecule has 0 aliphatic carbocycles. The standard InChI is InChI=1S/C13H17FN2O3/c1-9(2)16-12(17)7-15-13(18)8-19-11-5-3-10(14)4-6-11/h3-6,9H,7-8H2,1-2H3,(H,15,18)(H,16,17). The lowest BCUT2D eigenvalue weighted by molar-refractivity contribution is -0.127. The number of halogens is 1. The summed E-state index contributed by atoms with van der Waals surface area (Å²) in [7, 11) is 0. The first kappa shape index (κ1) is 14.9. The van der Waals surface area contributed by atoms with Gasteiger partial charge in [-0.15, -0.1) is 0 Å². The van der Waals surface area contributed by atoms with Crippen LogP contribution in [0, 0.1) is 5.82 Å². The fourth-order valence-electron chi connectivity index (χ4n) is 1.28. The van der Waals surface area contributed by atoms with Crippen molar-refractivity contribution in [2.45, 2.75) is 19.9 Å². The van der Waals surface area contributed by atoms with E-state index in [0.717, 1.165) is 0 Å². The van der Waals surface area contributed by atoms with Crippen LogP contribution in [0.25, 0.3) is 0 Å². The first-order chi connectivity index (χ1) is 8.97. The maximum absolute atomic E-state index is 12.6. The summed E-state index contributed by atoms with van der Waals surface area (Å²) >= 11 is 0. The molecule has 19 heavy (non-hydrogen) atoms. The molecular formula is C13H17FN2O3. The second-order valence-corrected chi connectivity index (χ2v) is 4.24. The average Bonchev–Trinajstić information content (AvgIpc) is 2.35. The molecular weight excluding hydrogens is 251 g/mol. The highest BCUT2D eigenvalue weighted by Crippen LogP contribution is 2.10. The Morgan fingerprint density at radius 2 is 1.84 bits per heavy atom. The molecule has 0 spiro atoms. The second kappa shape index (κ2) is 7.35. The quantitative estimate of drug-likeness (QED) is 0.803. The predicted molar refractivity (Wildman–Crippen MR) is 68.2 cm³/mol. The van der Waals surface area contributed by atoms with Gasteiger partial charge in [0.25, 0.3) is 5.91 Å². The smallest absolute Gasteiger partial charge is 0.258 e. The van der Waals surface area contributed by atoms with E-state index in [9.17, 15) is 14.0 Å². The summed E-state index contributed by atoms with van der Waals surface area (Å²) in [5, 5.41) is 5.06. The van der Waals surface area contributed by atoms with E-state index in [-0.39, 0.29) is 30.9 Å². The van der Waals surface area contributed by atoms with Crippen LogP contribution in [0.2, 0.25) is 0 Å². The van der Waals surface area contributed by atoms with Crippen LogP contribution < -0.4 is 15.4 Å². The van der Waals surface area contributed by atoms with E-state index < -0.39 is 5.91 Å². The van der Waals surface area contributed by atoms with Crippen molar-refractivity contribution in [2.75, 3.05) is 13.2 Å². The Kier molecular flexibility index (Phi) is 5.78. The van der Waals surface area contributed by atoms with E-state index in [1.54, 1.807) is 0 Å². The van der Waals surface area contributed by atoms with Crippen molar-refractivity contribution in [1.29, 1.82) is 0 Å². The molecule has 1 rings (SSSR count). The van der Waals surface area contributed by atoms with Gasteiger partial charge in [-0.25, -0.2) is 4.39 Å². The van der Waals surface area contributed by atoms with Crippen molar-refractivity contribution in [3.63, 3.8) is 0 Å². The molecule has 0 heterocycles. The fraction of sp³-hybridized carbons (Fsp3) is 0.385. The molecule has 0 aromatic heterocycles. The topological polar surface area (TPSA) is 67.4 Å². The van der Waals surface area contributed by atoms with Crippen LogP contribution in [0.15, 0.2) is 24.3 Å². The van der Waals surface area contributed by atoms with Gasteiger partial charge in [-0.2, -0.15) is 0 Å². The highest BCUT2D eigenvalue weighted by molar-refractivity contribution is 5.85. The molecule has 6 heteroatoms. The largest absolute Gasteiger partial charge is 0.484 e. The number of hydrogen-bond donors (Lipinski definition) is 2. The van der Waals surface area contributed by atoms with Gasteiger partial charge in [0.2, 0.25) is 5.91 Å². The molecule has 0 atom stereocenters.